The minimum Gasteiger partial charge on any atom is -0.301 e. The van der Waals surface area contributed by atoms with E-state index >= 15 is 0 Å². The van der Waals surface area contributed by atoms with Crippen LogP contribution in [0.2, 0.25) is 0 Å². The summed E-state index contributed by atoms with van der Waals surface area (Å²) in [6, 6.07) is 12.3. The molecular weight excluding hydrogens is 326 g/mol. The number of benzene rings is 1. The predicted molar refractivity (Wildman–Crippen MR) is 112 cm³/mol. The zero-order valence-electron chi connectivity index (χ0n) is 16.6. The van der Waals surface area contributed by atoms with Crippen molar-refractivity contribution in [1.29, 1.82) is 0 Å². The van der Waals surface area contributed by atoms with Gasteiger partial charge in [0.2, 0.25) is 0 Å². The molecule has 25 heavy (non-hydrogen) atoms. The molecule has 0 radical (unpaired) electrons. The number of thiophene rings is 1. The number of Topliss-reactive ketones (excluding diaryl/α,β-unsaturated/α-hetero) is 1. The third-order valence-electron chi connectivity index (χ3n) is 3.98. The number of hydrogen-bond donors (Lipinski definition) is 0. The van der Waals surface area contributed by atoms with Gasteiger partial charge in [-0.15, -0.1) is 11.3 Å². The fourth-order valence-electron chi connectivity index (χ4n) is 2.60. The first-order chi connectivity index (χ1) is 12.0. The molecule has 2 nitrogen and oxygen atoms in total. The second kappa shape index (κ2) is 11.2. The Morgan fingerprint density at radius 3 is 2.28 bits per heavy atom. The van der Waals surface area contributed by atoms with Gasteiger partial charge in [-0.3, -0.25) is 4.79 Å². The average molecular weight is 360 g/mol. The van der Waals surface area contributed by atoms with E-state index in [4.69, 9.17) is 0 Å². The van der Waals surface area contributed by atoms with E-state index in [2.05, 4.69) is 37.9 Å². The van der Waals surface area contributed by atoms with Crippen molar-refractivity contribution in [2.75, 3.05) is 13.6 Å². The number of ketones is 1. The third-order valence-corrected chi connectivity index (χ3v) is 5.10. The van der Waals surface area contributed by atoms with Gasteiger partial charge in [-0.1, -0.05) is 52.0 Å². The van der Waals surface area contributed by atoms with Crippen molar-refractivity contribution in [2.45, 2.75) is 54.0 Å². The summed E-state index contributed by atoms with van der Waals surface area (Å²) in [5, 5.41) is 0. The van der Waals surface area contributed by atoms with Crippen molar-refractivity contribution in [2.24, 2.45) is 5.92 Å². The van der Waals surface area contributed by atoms with E-state index in [1.165, 1.54) is 28.2 Å². The Morgan fingerprint density at radius 1 is 1.08 bits per heavy atom. The number of hydrogen-bond acceptors (Lipinski definition) is 3. The van der Waals surface area contributed by atoms with Crippen LogP contribution in [0.25, 0.3) is 10.4 Å². The smallest absolute Gasteiger partial charge is 0.159 e. The van der Waals surface area contributed by atoms with Crippen molar-refractivity contribution in [3.63, 3.8) is 0 Å². The SMILES string of the molecule is CC.CC(=O)c1ccc(-c2ccc(CN(C)CCCC(C)C)s2)cc1. The van der Waals surface area contributed by atoms with Gasteiger partial charge in [0.1, 0.15) is 0 Å². The Balaban J connectivity index is 0.00000151. The molecule has 2 rings (SSSR count). The van der Waals surface area contributed by atoms with E-state index in [1.807, 2.05) is 49.4 Å². The summed E-state index contributed by atoms with van der Waals surface area (Å²) in [6.45, 7) is 12.3. The molecular formula is C22H33NOS. The zero-order valence-corrected chi connectivity index (χ0v) is 17.5. The number of carbonyl (C=O) groups is 1. The first-order valence-corrected chi connectivity index (χ1v) is 10.2. The minimum atomic E-state index is 0.117. The molecule has 0 aliphatic heterocycles. The largest absolute Gasteiger partial charge is 0.301 e. The van der Waals surface area contributed by atoms with Gasteiger partial charge in [-0.05, 0) is 57.0 Å². The second-order valence-electron chi connectivity index (χ2n) is 6.67. The maximum atomic E-state index is 11.3. The Hall–Kier alpha value is -1.45. The molecule has 0 saturated heterocycles. The molecule has 0 fully saturated rings. The Morgan fingerprint density at radius 2 is 1.72 bits per heavy atom. The van der Waals surface area contributed by atoms with Crippen LogP contribution < -0.4 is 0 Å². The van der Waals surface area contributed by atoms with Crippen LogP contribution in [0.3, 0.4) is 0 Å². The van der Waals surface area contributed by atoms with Crippen LogP contribution >= 0.6 is 11.3 Å². The lowest BCUT2D eigenvalue weighted by atomic mass is 10.1. The molecule has 138 valence electrons. The van der Waals surface area contributed by atoms with Crippen LogP contribution in [-0.2, 0) is 6.54 Å². The molecule has 1 aromatic heterocycles. The Labute approximate surface area is 157 Å². The molecule has 2 aromatic rings. The molecule has 0 amide bonds. The lowest BCUT2D eigenvalue weighted by Crippen LogP contribution is -2.18. The zero-order chi connectivity index (χ0) is 18.8. The fraction of sp³-hybridized carbons (Fsp3) is 0.500. The second-order valence-corrected chi connectivity index (χ2v) is 7.84. The van der Waals surface area contributed by atoms with Crippen molar-refractivity contribution in [3.05, 3.63) is 46.8 Å². The van der Waals surface area contributed by atoms with Gasteiger partial charge in [0.05, 0.1) is 0 Å². The molecule has 0 N–H and O–H groups in total. The minimum absolute atomic E-state index is 0.117. The predicted octanol–water partition coefficient (Wildman–Crippen LogP) is 6.51. The van der Waals surface area contributed by atoms with E-state index in [0.717, 1.165) is 24.6 Å². The molecule has 3 heteroatoms. The summed E-state index contributed by atoms with van der Waals surface area (Å²) >= 11 is 1.84. The van der Waals surface area contributed by atoms with Crippen molar-refractivity contribution < 1.29 is 4.79 Å². The Kier molecular flexibility index (Phi) is 9.69. The first-order valence-electron chi connectivity index (χ1n) is 9.34. The van der Waals surface area contributed by atoms with Crippen LogP contribution in [0, 0.1) is 5.92 Å². The Bertz CT molecular complexity index is 628. The number of carbonyl (C=O) groups excluding carboxylic acids is 1. The molecule has 0 saturated carbocycles. The summed E-state index contributed by atoms with van der Waals surface area (Å²) in [6.07, 6.45) is 2.56. The maximum Gasteiger partial charge on any atom is 0.159 e. The van der Waals surface area contributed by atoms with E-state index in [0.29, 0.717) is 0 Å². The van der Waals surface area contributed by atoms with E-state index in [-0.39, 0.29) is 5.78 Å². The van der Waals surface area contributed by atoms with Crippen LogP contribution in [0.5, 0.6) is 0 Å². The van der Waals surface area contributed by atoms with E-state index in [9.17, 15) is 4.79 Å². The highest BCUT2D eigenvalue weighted by molar-refractivity contribution is 7.15. The standard InChI is InChI=1S/C20H27NOS.C2H6/c1-15(2)6-5-13-21(4)14-19-11-12-20(23-19)18-9-7-17(8-10-18)16(3)22;1-2/h7-12,15H,5-6,13-14H2,1-4H3;1-2H3. The number of nitrogens with zero attached hydrogens (tertiary/aromatic N) is 1. The van der Waals surface area contributed by atoms with Crippen molar-refractivity contribution in [1.82, 2.24) is 4.90 Å². The monoisotopic (exact) mass is 359 g/mol. The van der Waals surface area contributed by atoms with Crippen LogP contribution in [0.1, 0.15) is 62.7 Å². The summed E-state index contributed by atoms with van der Waals surface area (Å²) in [4.78, 5) is 16.4. The van der Waals surface area contributed by atoms with Gasteiger partial charge < -0.3 is 4.90 Å². The van der Waals surface area contributed by atoms with Crippen LogP contribution in [-0.4, -0.2) is 24.3 Å². The topological polar surface area (TPSA) is 20.3 Å². The summed E-state index contributed by atoms with van der Waals surface area (Å²) in [5.74, 6) is 0.904. The highest BCUT2D eigenvalue weighted by atomic mass is 32.1. The third kappa shape index (κ3) is 7.54. The first kappa shape index (κ1) is 21.6. The fourth-order valence-corrected chi connectivity index (χ4v) is 3.70. The normalized spacial score (nSPS) is 10.7. The van der Waals surface area contributed by atoms with Gasteiger partial charge in [-0.25, -0.2) is 0 Å². The molecule has 1 heterocycles. The summed E-state index contributed by atoms with van der Waals surface area (Å²) in [7, 11) is 2.20. The number of rotatable bonds is 8. The molecule has 0 bridgehead atoms. The molecule has 1 aromatic carbocycles. The van der Waals surface area contributed by atoms with Gasteiger partial charge in [-0.2, -0.15) is 0 Å². The van der Waals surface area contributed by atoms with Gasteiger partial charge in [0, 0.05) is 21.9 Å². The summed E-state index contributed by atoms with van der Waals surface area (Å²) in [5.41, 5.74) is 1.96. The van der Waals surface area contributed by atoms with Crippen LogP contribution in [0.4, 0.5) is 0 Å². The lowest BCUT2D eigenvalue weighted by Gasteiger charge is -2.16. The van der Waals surface area contributed by atoms with Gasteiger partial charge >= 0.3 is 0 Å². The van der Waals surface area contributed by atoms with E-state index < -0.39 is 0 Å². The summed E-state index contributed by atoms with van der Waals surface area (Å²) < 4.78 is 0. The highest BCUT2D eigenvalue weighted by Crippen LogP contribution is 2.29. The molecule has 0 aliphatic rings. The molecule has 0 spiro atoms. The van der Waals surface area contributed by atoms with Crippen molar-refractivity contribution >= 4 is 17.1 Å². The maximum absolute atomic E-state index is 11.3. The molecule has 0 aliphatic carbocycles. The molecule has 0 unspecified atom stereocenters. The van der Waals surface area contributed by atoms with Crippen LogP contribution in [0.15, 0.2) is 36.4 Å². The highest BCUT2D eigenvalue weighted by Gasteiger charge is 2.07. The van der Waals surface area contributed by atoms with Crippen molar-refractivity contribution in [3.8, 4) is 10.4 Å². The quantitative estimate of drug-likeness (QED) is 0.501. The average Bonchev–Trinajstić information content (AvgIpc) is 3.05. The lowest BCUT2D eigenvalue weighted by molar-refractivity contribution is 0.101. The van der Waals surface area contributed by atoms with Gasteiger partial charge in [0.15, 0.2) is 5.78 Å². The van der Waals surface area contributed by atoms with Gasteiger partial charge in [0.25, 0.3) is 0 Å². The van der Waals surface area contributed by atoms with E-state index in [1.54, 1.807) is 6.92 Å². The molecule has 0 atom stereocenters.